The molecule has 152 valence electrons. The molecule has 4 rings (SSSR count). The molecule has 5 heteroatoms. The minimum Gasteiger partial charge on any atom is -0.340 e. The second kappa shape index (κ2) is 8.28. The van der Waals surface area contributed by atoms with Gasteiger partial charge in [-0.25, -0.2) is 0 Å². The molecular weight excluding hydrogens is 390 g/mol. The van der Waals surface area contributed by atoms with Crippen molar-refractivity contribution in [3.63, 3.8) is 0 Å². The summed E-state index contributed by atoms with van der Waals surface area (Å²) in [4.78, 5) is 14.7. The van der Waals surface area contributed by atoms with Gasteiger partial charge in [-0.05, 0) is 59.9 Å². The van der Waals surface area contributed by atoms with Crippen molar-refractivity contribution in [1.29, 1.82) is 0 Å². The van der Waals surface area contributed by atoms with Crippen LogP contribution in [0.5, 0.6) is 0 Å². The molecule has 3 aromatic rings. The Morgan fingerprint density at radius 2 is 1.53 bits per heavy atom. The van der Waals surface area contributed by atoms with Crippen LogP contribution in [0.15, 0.2) is 78.9 Å². The number of nitrogens with zero attached hydrogens (tertiary/aromatic N) is 1. The van der Waals surface area contributed by atoms with Crippen molar-refractivity contribution < 1.29 is 4.79 Å². The van der Waals surface area contributed by atoms with Crippen molar-refractivity contribution in [2.45, 2.75) is 25.7 Å². The number of nitrogens with one attached hydrogen (secondary N) is 2. The van der Waals surface area contributed by atoms with Crippen molar-refractivity contribution >= 4 is 40.3 Å². The van der Waals surface area contributed by atoms with E-state index in [1.807, 2.05) is 36.4 Å². The zero-order chi connectivity index (χ0) is 21.1. The Bertz CT molecular complexity index is 1080. The van der Waals surface area contributed by atoms with Gasteiger partial charge >= 0.3 is 0 Å². The summed E-state index contributed by atoms with van der Waals surface area (Å²) < 4.78 is 0. The van der Waals surface area contributed by atoms with Gasteiger partial charge in [0.05, 0.1) is 11.4 Å². The summed E-state index contributed by atoms with van der Waals surface area (Å²) in [6, 6.07) is 25.7. The number of carbonyl (C=O) groups is 1. The fourth-order valence-electron chi connectivity index (χ4n) is 3.91. The van der Waals surface area contributed by atoms with Gasteiger partial charge in [-0.2, -0.15) is 0 Å². The topological polar surface area (TPSA) is 44.4 Å². The van der Waals surface area contributed by atoms with E-state index in [0.29, 0.717) is 5.56 Å². The third kappa shape index (κ3) is 4.07. The zero-order valence-corrected chi connectivity index (χ0v) is 18.0. The molecule has 0 fully saturated rings. The number of thiocarbonyl (C=S) groups is 1. The molecule has 1 amide bonds. The number of benzene rings is 3. The number of hydrogen-bond acceptors (Lipinski definition) is 3. The molecule has 1 aliphatic heterocycles. The summed E-state index contributed by atoms with van der Waals surface area (Å²) in [6.07, 6.45) is 1.05. The summed E-state index contributed by atoms with van der Waals surface area (Å²) in [6.45, 7) is 5.50. The summed E-state index contributed by atoms with van der Waals surface area (Å²) in [7, 11) is 0. The number of fused-ring (bicyclic) bond motifs is 1. The molecule has 1 aliphatic rings. The normalized spacial score (nSPS) is 14.5. The van der Waals surface area contributed by atoms with Gasteiger partial charge in [0.15, 0.2) is 5.11 Å². The van der Waals surface area contributed by atoms with Gasteiger partial charge in [-0.1, -0.05) is 62.4 Å². The summed E-state index contributed by atoms with van der Waals surface area (Å²) in [5.41, 5.74) is 5.16. The van der Waals surface area contributed by atoms with Crippen LogP contribution in [-0.2, 0) is 5.41 Å². The molecule has 0 spiro atoms. The molecule has 0 saturated carbocycles. The van der Waals surface area contributed by atoms with Crippen LogP contribution in [-0.4, -0.2) is 17.6 Å². The second-order valence-corrected chi connectivity index (χ2v) is 8.50. The Morgan fingerprint density at radius 1 is 0.900 bits per heavy atom. The monoisotopic (exact) mass is 415 g/mol. The van der Waals surface area contributed by atoms with Crippen LogP contribution >= 0.6 is 12.2 Å². The van der Waals surface area contributed by atoms with E-state index in [9.17, 15) is 4.79 Å². The minimum atomic E-state index is -0.226. The summed E-state index contributed by atoms with van der Waals surface area (Å²) in [5.74, 6) is -0.226. The predicted octanol–water partition coefficient (Wildman–Crippen LogP) is 5.63. The minimum absolute atomic E-state index is 0.133. The highest BCUT2D eigenvalue weighted by Gasteiger charge is 2.32. The van der Waals surface area contributed by atoms with Crippen LogP contribution in [0.2, 0.25) is 0 Å². The maximum absolute atomic E-state index is 12.4. The molecule has 0 radical (unpaired) electrons. The second-order valence-electron chi connectivity index (χ2n) is 8.09. The smallest absolute Gasteiger partial charge is 0.257 e. The Labute approximate surface area is 182 Å². The van der Waals surface area contributed by atoms with Gasteiger partial charge in [0.1, 0.15) is 0 Å². The highest BCUT2D eigenvalue weighted by atomic mass is 32.1. The molecule has 0 atom stereocenters. The fraction of sp³-hybridized carbons (Fsp3) is 0.200. The maximum Gasteiger partial charge on any atom is 0.257 e. The van der Waals surface area contributed by atoms with Crippen molar-refractivity contribution in [2.24, 2.45) is 0 Å². The van der Waals surface area contributed by atoms with Crippen molar-refractivity contribution in [2.75, 3.05) is 16.8 Å². The summed E-state index contributed by atoms with van der Waals surface area (Å²) >= 11 is 5.43. The van der Waals surface area contributed by atoms with Crippen LogP contribution in [0.1, 0.15) is 36.2 Å². The zero-order valence-electron chi connectivity index (χ0n) is 17.2. The average molecular weight is 416 g/mol. The van der Waals surface area contributed by atoms with E-state index in [1.165, 1.54) is 11.3 Å². The lowest BCUT2D eigenvalue weighted by molar-refractivity contribution is 0.0977. The van der Waals surface area contributed by atoms with Gasteiger partial charge in [-0.3, -0.25) is 10.1 Å². The van der Waals surface area contributed by atoms with Crippen molar-refractivity contribution in [1.82, 2.24) is 5.32 Å². The molecule has 0 aromatic heterocycles. The van der Waals surface area contributed by atoms with E-state index in [0.717, 1.165) is 24.3 Å². The van der Waals surface area contributed by atoms with E-state index < -0.39 is 0 Å². The predicted molar refractivity (Wildman–Crippen MR) is 128 cm³/mol. The first-order valence-electron chi connectivity index (χ1n) is 10.1. The first kappa shape index (κ1) is 20.1. The Balaban J connectivity index is 1.58. The first-order valence-corrected chi connectivity index (χ1v) is 10.5. The van der Waals surface area contributed by atoms with Gasteiger partial charge in [-0.15, -0.1) is 0 Å². The lowest BCUT2D eigenvalue weighted by atomic mass is 9.77. The number of amides is 1. The molecule has 0 unspecified atom stereocenters. The molecular formula is C25H25N3OS. The number of anilines is 3. The molecule has 1 heterocycles. The van der Waals surface area contributed by atoms with Crippen LogP contribution in [0.4, 0.5) is 17.1 Å². The highest BCUT2D eigenvalue weighted by Crippen LogP contribution is 2.44. The van der Waals surface area contributed by atoms with Crippen LogP contribution in [0.25, 0.3) is 0 Å². The largest absolute Gasteiger partial charge is 0.340 e. The van der Waals surface area contributed by atoms with Crippen molar-refractivity contribution in [3.8, 4) is 0 Å². The van der Waals surface area contributed by atoms with Gasteiger partial charge in [0, 0.05) is 17.8 Å². The molecule has 0 saturated heterocycles. The molecule has 4 nitrogen and oxygen atoms in total. The van der Waals surface area contributed by atoms with Crippen LogP contribution in [0.3, 0.4) is 0 Å². The van der Waals surface area contributed by atoms with Gasteiger partial charge in [0.25, 0.3) is 5.91 Å². The first-order chi connectivity index (χ1) is 14.5. The van der Waals surface area contributed by atoms with Crippen molar-refractivity contribution in [3.05, 3.63) is 90.0 Å². The third-order valence-electron chi connectivity index (χ3n) is 5.59. The molecule has 3 aromatic carbocycles. The van der Waals surface area contributed by atoms with E-state index >= 15 is 0 Å². The van der Waals surface area contributed by atoms with E-state index in [4.69, 9.17) is 12.2 Å². The molecule has 0 aliphatic carbocycles. The summed E-state index contributed by atoms with van der Waals surface area (Å²) in [5, 5.41) is 6.27. The molecule has 30 heavy (non-hydrogen) atoms. The lowest BCUT2D eigenvalue weighted by Gasteiger charge is -2.40. The maximum atomic E-state index is 12.4. The van der Waals surface area contributed by atoms with Crippen LogP contribution in [0, 0.1) is 0 Å². The fourth-order valence-corrected chi connectivity index (χ4v) is 4.11. The highest BCUT2D eigenvalue weighted by molar-refractivity contribution is 7.80. The lowest BCUT2D eigenvalue weighted by Crippen LogP contribution is -2.36. The van der Waals surface area contributed by atoms with E-state index in [2.05, 4.69) is 59.7 Å². The third-order valence-corrected chi connectivity index (χ3v) is 5.79. The number of carbonyl (C=O) groups excluding carboxylic acids is 1. The molecule has 0 bridgehead atoms. The standard InChI is InChI=1S/C25H25N3OS/c1-25(2)16-17-28(21-14-8-6-12-19(21)25)22-15-9-7-13-20(22)26-24(30)27-23(29)18-10-4-3-5-11-18/h3-15H,16-17H2,1-2H3,(H2,26,27,29,30). The van der Waals surface area contributed by atoms with Crippen LogP contribution < -0.4 is 15.5 Å². The molecule has 2 N–H and O–H groups in total. The Hall–Kier alpha value is -3.18. The average Bonchev–Trinajstić information content (AvgIpc) is 2.75. The van der Waals surface area contributed by atoms with Gasteiger partial charge < -0.3 is 10.2 Å². The number of rotatable bonds is 3. The van der Waals surface area contributed by atoms with Gasteiger partial charge in [0.2, 0.25) is 0 Å². The van der Waals surface area contributed by atoms with E-state index in [-0.39, 0.29) is 16.4 Å². The quantitative estimate of drug-likeness (QED) is 0.544. The number of para-hydroxylation sites is 3. The Kier molecular flexibility index (Phi) is 5.55. The Morgan fingerprint density at radius 3 is 2.30 bits per heavy atom. The number of hydrogen-bond donors (Lipinski definition) is 2. The van der Waals surface area contributed by atoms with E-state index in [1.54, 1.807) is 12.1 Å². The SMILES string of the molecule is CC1(C)CCN(c2ccccc2NC(=S)NC(=O)c2ccccc2)c2ccccc21.